The third kappa shape index (κ3) is 3.79. The van der Waals surface area contributed by atoms with Crippen LogP contribution in [-0.4, -0.2) is 15.9 Å². The topological polar surface area (TPSA) is 90.7 Å². The molecule has 8 heteroatoms. The highest BCUT2D eigenvalue weighted by atomic mass is 19.1. The molecule has 26 heavy (non-hydrogen) atoms. The molecule has 3 rings (SSSR count). The monoisotopic (exact) mass is 351 g/mol. The molecule has 0 radical (unpaired) electrons. The first kappa shape index (κ1) is 17.0. The molecule has 0 atom stereocenters. The maximum absolute atomic E-state index is 13.6. The molecular weight excluding hydrogens is 340 g/mol. The van der Waals surface area contributed by atoms with Gasteiger partial charge in [0.15, 0.2) is 0 Å². The van der Waals surface area contributed by atoms with Crippen molar-refractivity contribution >= 4 is 23.2 Å². The lowest BCUT2D eigenvalue weighted by molar-refractivity contribution is 0.102. The Morgan fingerprint density at radius 1 is 1.04 bits per heavy atom. The predicted molar refractivity (Wildman–Crippen MR) is 90.8 cm³/mol. The molecule has 0 aliphatic heterocycles. The second kappa shape index (κ2) is 7.36. The minimum atomic E-state index is -0.884. The summed E-state index contributed by atoms with van der Waals surface area (Å²) in [7, 11) is 0. The SMILES string of the molecule is N#Cc1ccccc1Nc1ncc(C(=O)Nc2ccc(F)cc2F)cn1. The summed E-state index contributed by atoms with van der Waals surface area (Å²) in [5.41, 5.74) is 0.889. The van der Waals surface area contributed by atoms with E-state index in [2.05, 4.69) is 20.6 Å². The van der Waals surface area contributed by atoms with Crippen LogP contribution in [0.1, 0.15) is 15.9 Å². The molecule has 0 unspecified atom stereocenters. The number of nitrogens with zero attached hydrogens (tertiary/aromatic N) is 3. The molecule has 0 saturated carbocycles. The molecule has 0 saturated heterocycles. The van der Waals surface area contributed by atoms with Gasteiger partial charge in [-0.2, -0.15) is 5.26 Å². The Bertz CT molecular complexity index is 999. The van der Waals surface area contributed by atoms with E-state index in [0.717, 1.165) is 12.1 Å². The van der Waals surface area contributed by atoms with E-state index in [1.54, 1.807) is 24.3 Å². The van der Waals surface area contributed by atoms with Crippen LogP contribution in [0.2, 0.25) is 0 Å². The summed E-state index contributed by atoms with van der Waals surface area (Å²) >= 11 is 0. The van der Waals surface area contributed by atoms with E-state index in [-0.39, 0.29) is 17.2 Å². The summed E-state index contributed by atoms with van der Waals surface area (Å²) in [4.78, 5) is 20.1. The lowest BCUT2D eigenvalue weighted by atomic mass is 10.2. The number of carbonyl (C=O) groups excluding carboxylic acids is 1. The van der Waals surface area contributed by atoms with Crippen molar-refractivity contribution < 1.29 is 13.6 Å². The minimum absolute atomic E-state index is 0.0906. The molecule has 128 valence electrons. The number of halogens is 2. The Kier molecular flexibility index (Phi) is 4.80. The number of hydrogen-bond acceptors (Lipinski definition) is 5. The van der Waals surface area contributed by atoms with Crippen LogP contribution in [0.5, 0.6) is 0 Å². The molecule has 1 heterocycles. The van der Waals surface area contributed by atoms with Crippen molar-refractivity contribution in [2.45, 2.75) is 0 Å². The smallest absolute Gasteiger partial charge is 0.258 e. The first-order valence-electron chi connectivity index (χ1n) is 7.41. The predicted octanol–water partition coefficient (Wildman–Crippen LogP) is 3.62. The fourth-order valence-corrected chi connectivity index (χ4v) is 2.11. The highest BCUT2D eigenvalue weighted by Crippen LogP contribution is 2.18. The van der Waals surface area contributed by atoms with Crippen molar-refractivity contribution in [3.8, 4) is 6.07 Å². The van der Waals surface area contributed by atoms with Crippen LogP contribution in [0, 0.1) is 23.0 Å². The zero-order valence-corrected chi connectivity index (χ0v) is 13.2. The van der Waals surface area contributed by atoms with Crippen LogP contribution in [0.25, 0.3) is 0 Å². The maximum atomic E-state index is 13.6. The van der Waals surface area contributed by atoms with E-state index >= 15 is 0 Å². The first-order chi connectivity index (χ1) is 12.6. The van der Waals surface area contributed by atoms with E-state index in [4.69, 9.17) is 5.26 Å². The lowest BCUT2D eigenvalue weighted by Gasteiger charge is -2.08. The van der Waals surface area contributed by atoms with Crippen molar-refractivity contribution in [1.29, 1.82) is 5.26 Å². The Labute approximate surface area is 147 Å². The minimum Gasteiger partial charge on any atom is -0.323 e. The van der Waals surface area contributed by atoms with Crippen molar-refractivity contribution in [2.75, 3.05) is 10.6 Å². The number of benzene rings is 2. The van der Waals surface area contributed by atoms with E-state index in [9.17, 15) is 13.6 Å². The Morgan fingerprint density at radius 2 is 1.77 bits per heavy atom. The Morgan fingerprint density at radius 3 is 2.46 bits per heavy atom. The van der Waals surface area contributed by atoms with Crippen LogP contribution >= 0.6 is 0 Å². The molecule has 1 aromatic heterocycles. The molecule has 2 N–H and O–H groups in total. The quantitative estimate of drug-likeness (QED) is 0.749. The molecule has 0 aliphatic rings. The fraction of sp³-hybridized carbons (Fsp3) is 0. The van der Waals surface area contributed by atoms with Gasteiger partial charge in [0.05, 0.1) is 22.5 Å². The number of nitrogens with one attached hydrogen (secondary N) is 2. The molecule has 3 aromatic rings. The zero-order chi connectivity index (χ0) is 18.5. The number of rotatable bonds is 4. The number of nitriles is 1. The van der Waals surface area contributed by atoms with Gasteiger partial charge in [0.2, 0.25) is 5.95 Å². The van der Waals surface area contributed by atoms with Crippen LogP contribution in [0.3, 0.4) is 0 Å². The molecular formula is C18H11F2N5O. The van der Waals surface area contributed by atoms with Gasteiger partial charge in [-0.25, -0.2) is 18.7 Å². The highest BCUT2D eigenvalue weighted by Gasteiger charge is 2.11. The van der Waals surface area contributed by atoms with Crippen LogP contribution < -0.4 is 10.6 Å². The largest absolute Gasteiger partial charge is 0.323 e. The zero-order valence-electron chi connectivity index (χ0n) is 13.2. The summed E-state index contributed by atoms with van der Waals surface area (Å²) in [6, 6.07) is 11.7. The van der Waals surface area contributed by atoms with Gasteiger partial charge in [-0.15, -0.1) is 0 Å². The normalized spacial score (nSPS) is 10.0. The van der Waals surface area contributed by atoms with E-state index in [1.165, 1.54) is 12.4 Å². The number of para-hydroxylation sites is 1. The van der Waals surface area contributed by atoms with Crippen LogP contribution in [0.4, 0.5) is 26.1 Å². The van der Waals surface area contributed by atoms with Gasteiger partial charge in [0.25, 0.3) is 5.91 Å². The summed E-state index contributed by atoms with van der Waals surface area (Å²) in [6.45, 7) is 0. The van der Waals surface area contributed by atoms with Crippen molar-refractivity contribution in [1.82, 2.24) is 9.97 Å². The van der Waals surface area contributed by atoms with E-state index < -0.39 is 17.5 Å². The number of carbonyl (C=O) groups is 1. The Hall–Kier alpha value is -3.86. The summed E-state index contributed by atoms with van der Waals surface area (Å²) in [5.74, 6) is -2.07. The number of amides is 1. The second-order valence-electron chi connectivity index (χ2n) is 5.16. The molecule has 0 fully saturated rings. The number of hydrogen-bond donors (Lipinski definition) is 2. The Balaban J connectivity index is 1.73. The number of aromatic nitrogens is 2. The van der Waals surface area contributed by atoms with Gasteiger partial charge in [0.1, 0.15) is 17.7 Å². The third-order valence-corrected chi connectivity index (χ3v) is 3.39. The van der Waals surface area contributed by atoms with Gasteiger partial charge < -0.3 is 10.6 Å². The van der Waals surface area contributed by atoms with Gasteiger partial charge in [-0.05, 0) is 24.3 Å². The molecule has 0 aliphatic carbocycles. The lowest BCUT2D eigenvalue weighted by Crippen LogP contribution is -2.14. The van der Waals surface area contributed by atoms with Gasteiger partial charge in [-0.3, -0.25) is 4.79 Å². The van der Waals surface area contributed by atoms with Gasteiger partial charge in [0, 0.05) is 18.5 Å². The fourth-order valence-electron chi connectivity index (χ4n) is 2.11. The van der Waals surface area contributed by atoms with E-state index in [1.807, 2.05) is 6.07 Å². The van der Waals surface area contributed by atoms with Crippen molar-refractivity contribution in [3.05, 3.63) is 77.6 Å². The molecule has 1 amide bonds. The van der Waals surface area contributed by atoms with Crippen molar-refractivity contribution in [2.24, 2.45) is 0 Å². The third-order valence-electron chi connectivity index (χ3n) is 3.39. The summed E-state index contributed by atoms with van der Waals surface area (Å²) in [5, 5.41) is 14.2. The van der Waals surface area contributed by atoms with Gasteiger partial charge >= 0.3 is 0 Å². The molecule has 0 spiro atoms. The molecule has 2 aromatic carbocycles. The van der Waals surface area contributed by atoms with E-state index in [0.29, 0.717) is 17.3 Å². The van der Waals surface area contributed by atoms with Gasteiger partial charge in [-0.1, -0.05) is 12.1 Å². The summed E-state index contributed by atoms with van der Waals surface area (Å²) in [6.07, 6.45) is 2.50. The second-order valence-corrected chi connectivity index (χ2v) is 5.16. The molecule has 0 bridgehead atoms. The van der Waals surface area contributed by atoms with Crippen LogP contribution in [-0.2, 0) is 0 Å². The average molecular weight is 351 g/mol. The number of anilines is 3. The summed E-state index contributed by atoms with van der Waals surface area (Å²) < 4.78 is 26.5. The first-order valence-corrected chi connectivity index (χ1v) is 7.41. The standard InChI is InChI=1S/C18H11F2N5O/c19-13-5-6-16(14(20)7-13)24-17(26)12-9-22-18(23-10-12)25-15-4-2-1-3-11(15)8-21/h1-7,9-10H,(H,24,26)(H,22,23,25). The van der Waals surface area contributed by atoms with Crippen molar-refractivity contribution in [3.63, 3.8) is 0 Å². The van der Waals surface area contributed by atoms with Crippen LogP contribution in [0.15, 0.2) is 54.9 Å². The average Bonchev–Trinajstić information content (AvgIpc) is 2.65. The molecule has 6 nitrogen and oxygen atoms in total. The highest BCUT2D eigenvalue weighted by molar-refractivity contribution is 6.03. The maximum Gasteiger partial charge on any atom is 0.258 e.